The highest BCUT2D eigenvalue weighted by molar-refractivity contribution is 5.58. The quantitative estimate of drug-likeness (QED) is 0.710. The summed E-state index contributed by atoms with van der Waals surface area (Å²) in [6, 6.07) is 15.3. The standard InChI is InChI=1S/C20H20FN5O/c21-17-6-2-1-5-16(17)18-8-9-20(27)26(23-18)15-24-11-13-25(14-12-24)19-7-3-4-10-22-19/h1-10H,11-15H2. The molecule has 0 bridgehead atoms. The first-order chi connectivity index (χ1) is 13.2. The molecule has 1 saturated heterocycles. The Morgan fingerprint density at radius 3 is 2.44 bits per heavy atom. The van der Waals surface area contributed by atoms with Gasteiger partial charge in [-0.25, -0.2) is 14.1 Å². The molecule has 3 aromatic rings. The first-order valence-corrected chi connectivity index (χ1v) is 8.92. The van der Waals surface area contributed by atoms with Crippen molar-refractivity contribution in [1.82, 2.24) is 19.7 Å². The van der Waals surface area contributed by atoms with Crippen LogP contribution in [-0.2, 0) is 6.67 Å². The molecule has 7 heteroatoms. The second-order valence-corrected chi connectivity index (χ2v) is 6.47. The second-order valence-electron chi connectivity index (χ2n) is 6.47. The number of pyridine rings is 1. The van der Waals surface area contributed by atoms with Gasteiger partial charge < -0.3 is 4.90 Å². The van der Waals surface area contributed by atoms with Crippen molar-refractivity contribution in [3.8, 4) is 11.3 Å². The number of nitrogens with zero attached hydrogens (tertiary/aromatic N) is 5. The van der Waals surface area contributed by atoms with E-state index in [1.807, 2.05) is 18.2 Å². The van der Waals surface area contributed by atoms with Crippen LogP contribution in [0.1, 0.15) is 0 Å². The molecule has 0 radical (unpaired) electrons. The van der Waals surface area contributed by atoms with Gasteiger partial charge >= 0.3 is 0 Å². The predicted octanol–water partition coefficient (Wildman–Crippen LogP) is 2.22. The SMILES string of the molecule is O=c1ccc(-c2ccccc2F)nn1CN1CCN(c2ccccn2)CC1. The minimum Gasteiger partial charge on any atom is -0.354 e. The maximum Gasteiger partial charge on any atom is 0.268 e. The Labute approximate surface area is 156 Å². The van der Waals surface area contributed by atoms with Gasteiger partial charge in [0.2, 0.25) is 0 Å². The number of hydrogen-bond acceptors (Lipinski definition) is 5. The molecule has 0 amide bonds. The zero-order valence-electron chi connectivity index (χ0n) is 14.8. The van der Waals surface area contributed by atoms with Crippen molar-refractivity contribution in [2.24, 2.45) is 0 Å². The van der Waals surface area contributed by atoms with Gasteiger partial charge in [0.05, 0.1) is 12.4 Å². The number of benzene rings is 1. The highest BCUT2D eigenvalue weighted by Crippen LogP contribution is 2.19. The molecular formula is C20H20FN5O. The highest BCUT2D eigenvalue weighted by Gasteiger charge is 2.19. The van der Waals surface area contributed by atoms with Crippen LogP contribution in [0.2, 0.25) is 0 Å². The molecule has 1 aliphatic heterocycles. The smallest absolute Gasteiger partial charge is 0.268 e. The van der Waals surface area contributed by atoms with Gasteiger partial charge in [-0.15, -0.1) is 0 Å². The van der Waals surface area contributed by atoms with Gasteiger partial charge in [0.1, 0.15) is 11.6 Å². The van der Waals surface area contributed by atoms with Crippen molar-refractivity contribution in [3.63, 3.8) is 0 Å². The van der Waals surface area contributed by atoms with E-state index < -0.39 is 0 Å². The zero-order valence-corrected chi connectivity index (χ0v) is 14.8. The summed E-state index contributed by atoms with van der Waals surface area (Å²) < 4.78 is 15.4. The van der Waals surface area contributed by atoms with Crippen molar-refractivity contribution in [2.75, 3.05) is 31.1 Å². The van der Waals surface area contributed by atoms with Crippen LogP contribution >= 0.6 is 0 Å². The fourth-order valence-electron chi connectivity index (χ4n) is 3.21. The van der Waals surface area contributed by atoms with E-state index in [1.165, 1.54) is 16.8 Å². The van der Waals surface area contributed by atoms with Crippen LogP contribution in [0.15, 0.2) is 65.6 Å². The minimum atomic E-state index is -0.348. The molecule has 0 atom stereocenters. The summed E-state index contributed by atoms with van der Waals surface area (Å²) in [5.74, 6) is 0.619. The van der Waals surface area contributed by atoms with Gasteiger partial charge in [-0.3, -0.25) is 9.69 Å². The number of anilines is 1. The lowest BCUT2D eigenvalue weighted by Gasteiger charge is -2.35. The summed E-state index contributed by atoms with van der Waals surface area (Å²) in [5.41, 5.74) is 0.660. The van der Waals surface area contributed by atoms with Gasteiger partial charge in [-0.1, -0.05) is 18.2 Å². The Kier molecular flexibility index (Phi) is 4.93. The average Bonchev–Trinajstić information content (AvgIpc) is 2.71. The molecule has 0 aliphatic carbocycles. The molecule has 138 valence electrons. The molecule has 1 aliphatic rings. The summed E-state index contributed by atoms with van der Waals surface area (Å²) in [6.45, 7) is 3.65. The molecule has 3 heterocycles. The number of rotatable bonds is 4. The Balaban J connectivity index is 1.47. The van der Waals surface area contributed by atoms with Crippen LogP contribution in [0.5, 0.6) is 0 Å². The van der Waals surface area contributed by atoms with E-state index in [-0.39, 0.29) is 11.4 Å². The van der Waals surface area contributed by atoms with E-state index >= 15 is 0 Å². The normalized spacial score (nSPS) is 15.1. The van der Waals surface area contributed by atoms with E-state index in [0.717, 1.165) is 32.0 Å². The van der Waals surface area contributed by atoms with Crippen molar-refractivity contribution in [2.45, 2.75) is 6.67 Å². The summed E-state index contributed by atoms with van der Waals surface area (Å²) in [5, 5.41) is 4.37. The largest absolute Gasteiger partial charge is 0.354 e. The fourth-order valence-corrected chi connectivity index (χ4v) is 3.21. The molecule has 1 fully saturated rings. The molecule has 0 saturated carbocycles. The molecule has 4 rings (SSSR count). The Hall–Kier alpha value is -3.06. The Morgan fingerprint density at radius 2 is 1.70 bits per heavy atom. The van der Waals surface area contributed by atoms with Gasteiger partial charge in [0.25, 0.3) is 5.56 Å². The third-order valence-electron chi connectivity index (χ3n) is 4.70. The van der Waals surface area contributed by atoms with Crippen LogP contribution in [-0.4, -0.2) is 45.8 Å². The van der Waals surface area contributed by atoms with Gasteiger partial charge in [-0.2, -0.15) is 5.10 Å². The molecule has 6 nitrogen and oxygen atoms in total. The van der Waals surface area contributed by atoms with Crippen LogP contribution in [0.4, 0.5) is 10.2 Å². The van der Waals surface area contributed by atoms with E-state index in [2.05, 4.69) is 19.9 Å². The molecule has 27 heavy (non-hydrogen) atoms. The van der Waals surface area contributed by atoms with Crippen molar-refractivity contribution >= 4 is 5.82 Å². The number of aromatic nitrogens is 3. The van der Waals surface area contributed by atoms with E-state index in [1.54, 1.807) is 30.5 Å². The van der Waals surface area contributed by atoms with Crippen molar-refractivity contribution < 1.29 is 4.39 Å². The Bertz CT molecular complexity index is 967. The number of piperazine rings is 1. The molecule has 2 aromatic heterocycles. The van der Waals surface area contributed by atoms with Gasteiger partial charge in [0.15, 0.2) is 0 Å². The molecular weight excluding hydrogens is 345 g/mol. The third kappa shape index (κ3) is 3.88. The summed E-state index contributed by atoms with van der Waals surface area (Å²) in [7, 11) is 0. The highest BCUT2D eigenvalue weighted by atomic mass is 19.1. The maximum absolute atomic E-state index is 14.0. The second kappa shape index (κ2) is 7.67. The predicted molar refractivity (Wildman–Crippen MR) is 102 cm³/mol. The first-order valence-electron chi connectivity index (χ1n) is 8.92. The van der Waals surface area contributed by atoms with Gasteiger partial charge in [-0.05, 0) is 30.3 Å². The fraction of sp³-hybridized carbons (Fsp3) is 0.250. The lowest BCUT2D eigenvalue weighted by Crippen LogP contribution is -2.48. The van der Waals surface area contributed by atoms with Crippen LogP contribution in [0.3, 0.4) is 0 Å². The first kappa shape index (κ1) is 17.4. The number of hydrogen-bond donors (Lipinski definition) is 0. The third-order valence-corrected chi connectivity index (χ3v) is 4.70. The molecule has 0 spiro atoms. The zero-order chi connectivity index (χ0) is 18.6. The molecule has 0 N–H and O–H groups in total. The van der Waals surface area contributed by atoms with Crippen LogP contribution < -0.4 is 10.5 Å². The van der Waals surface area contributed by atoms with Gasteiger partial charge in [0, 0.05) is 44.0 Å². The maximum atomic E-state index is 14.0. The van der Waals surface area contributed by atoms with E-state index in [4.69, 9.17) is 0 Å². The molecule has 1 aromatic carbocycles. The Morgan fingerprint density at radius 1 is 0.926 bits per heavy atom. The van der Waals surface area contributed by atoms with Crippen molar-refractivity contribution in [3.05, 3.63) is 77.0 Å². The van der Waals surface area contributed by atoms with E-state index in [0.29, 0.717) is 17.9 Å². The monoisotopic (exact) mass is 365 g/mol. The number of halogens is 1. The minimum absolute atomic E-state index is 0.192. The van der Waals surface area contributed by atoms with Crippen LogP contribution in [0, 0.1) is 5.82 Å². The lowest BCUT2D eigenvalue weighted by atomic mass is 10.1. The van der Waals surface area contributed by atoms with Crippen LogP contribution in [0.25, 0.3) is 11.3 Å². The lowest BCUT2D eigenvalue weighted by molar-refractivity contribution is 0.191. The topological polar surface area (TPSA) is 54.3 Å². The summed E-state index contributed by atoms with van der Waals surface area (Å²) in [4.78, 5) is 21.0. The van der Waals surface area contributed by atoms with Crippen molar-refractivity contribution in [1.29, 1.82) is 0 Å². The summed E-state index contributed by atoms with van der Waals surface area (Å²) in [6.07, 6.45) is 1.79. The average molecular weight is 365 g/mol. The van der Waals surface area contributed by atoms with E-state index in [9.17, 15) is 9.18 Å². The molecule has 0 unspecified atom stereocenters. The summed E-state index contributed by atoms with van der Waals surface area (Å²) >= 11 is 0.